The molecule has 3 atom stereocenters. The minimum Gasteiger partial charge on any atom is -0.379 e. The Morgan fingerprint density at radius 1 is 1.06 bits per heavy atom. The van der Waals surface area contributed by atoms with Crippen molar-refractivity contribution in [2.45, 2.75) is 51.2 Å². The van der Waals surface area contributed by atoms with Crippen molar-refractivity contribution in [3.63, 3.8) is 0 Å². The van der Waals surface area contributed by atoms with Gasteiger partial charge in [-0.25, -0.2) is 0 Å². The summed E-state index contributed by atoms with van der Waals surface area (Å²) in [5.41, 5.74) is 3.54. The lowest BCUT2D eigenvalue weighted by Gasteiger charge is -2.40. The molecule has 1 aromatic carbocycles. The number of amides is 1. The van der Waals surface area contributed by atoms with Crippen molar-refractivity contribution in [3.8, 4) is 0 Å². The maximum Gasteiger partial charge on any atom is 0.228 e. The van der Waals surface area contributed by atoms with Gasteiger partial charge in [0.2, 0.25) is 5.91 Å². The third kappa shape index (κ3) is 3.97. The van der Waals surface area contributed by atoms with Crippen molar-refractivity contribution in [2.75, 3.05) is 0 Å². The fourth-order valence-corrected chi connectivity index (χ4v) is 5.51. The molecule has 0 spiro atoms. The molecule has 170 valence electrons. The Morgan fingerprint density at radius 2 is 1.82 bits per heavy atom. The van der Waals surface area contributed by atoms with Gasteiger partial charge >= 0.3 is 0 Å². The maximum absolute atomic E-state index is 14.0. The number of aromatic nitrogens is 1. The van der Waals surface area contributed by atoms with Gasteiger partial charge in [-0.2, -0.15) is 0 Å². The van der Waals surface area contributed by atoms with E-state index in [-0.39, 0.29) is 29.2 Å². The molecule has 0 radical (unpaired) electrons. The highest BCUT2D eigenvalue weighted by atomic mass is 16.2. The van der Waals surface area contributed by atoms with Crippen molar-refractivity contribution in [3.05, 3.63) is 95.5 Å². The molecular weight excluding hydrogens is 410 g/mol. The third-order valence-corrected chi connectivity index (χ3v) is 6.99. The van der Waals surface area contributed by atoms with Gasteiger partial charge in [0, 0.05) is 36.6 Å². The van der Waals surface area contributed by atoms with Gasteiger partial charge in [-0.3, -0.25) is 9.59 Å². The van der Waals surface area contributed by atoms with E-state index in [1.807, 2.05) is 77.3 Å². The van der Waals surface area contributed by atoms with Crippen LogP contribution >= 0.6 is 0 Å². The number of hydrogen-bond acceptors (Lipinski definition) is 3. The number of benzene rings is 1. The number of fused-ring (bicyclic) bond motifs is 1. The molecule has 0 saturated heterocycles. The standard InChI is InChI=1S/C28H31N3O2/c1-28(2)17-21-26(24(32)18-28)27(23-14-9-15-30(23)3)31(22-13-8-7-12-20(22)29-21)25(33)16-19-10-5-4-6-11-19/h4-15,20,22,27,29H,16-18H2,1-3H3. The normalized spacial score (nSPS) is 25.8. The van der Waals surface area contributed by atoms with Crippen LogP contribution in [0.1, 0.15) is 44.0 Å². The van der Waals surface area contributed by atoms with E-state index in [0.717, 1.165) is 28.9 Å². The minimum atomic E-state index is -0.432. The van der Waals surface area contributed by atoms with E-state index in [1.165, 1.54) is 0 Å². The topological polar surface area (TPSA) is 54.3 Å². The van der Waals surface area contributed by atoms with Crippen LogP contribution in [0.5, 0.6) is 0 Å². The number of allylic oxidation sites excluding steroid dienone is 3. The number of rotatable bonds is 3. The SMILES string of the molecule is Cn1cccc1C1C2=C(CC(C)(C)CC2=O)NC2C=CC=CC2N1C(=O)Cc1ccccc1. The number of nitrogens with one attached hydrogen (secondary N) is 1. The second kappa shape index (κ2) is 8.22. The number of carbonyl (C=O) groups excluding carboxylic acids is 2. The fraction of sp³-hybridized carbons (Fsp3) is 0.357. The Bertz CT molecular complexity index is 1170. The van der Waals surface area contributed by atoms with Gasteiger partial charge in [-0.05, 0) is 29.5 Å². The van der Waals surface area contributed by atoms with Crippen LogP contribution in [0.3, 0.4) is 0 Å². The Kier molecular flexibility index (Phi) is 5.35. The van der Waals surface area contributed by atoms with Crippen LogP contribution < -0.4 is 5.32 Å². The predicted octanol–water partition coefficient (Wildman–Crippen LogP) is 4.25. The van der Waals surface area contributed by atoms with E-state index in [1.54, 1.807) is 0 Å². The summed E-state index contributed by atoms with van der Waals surface area (Å²) in [6, 6.07) is 13.2. The van der Waals surface area contributed by atoms with Gasteiger partial charge in [0.1, 0.15) is 6.04 Å². The molecule has 5 heteroatoms. The van der Waals surface area contributed by atoms with Gasteiger partial charge in [0.25, 0.3) is 0 Å². The molecule has 1 amide bonds. The van der Waals surface area contributed by atoms with Crippen molar-refractivity contribution in [1.82, 2.24) is 14.8 Å². The van der Waals surface area contributed by atoms with E-state index in [4.69, 9.17) is 0 Å². The summed E-state index contributed by atoms with van der Waals surface area (Å²) in [5, 5.41) is 3.68. The Balaban J connectivity index is 1.68. The van der Waals surface area contributed by atoms with E-state index in [0.29, 0.717) is 12.8 Å². The summed E-state index contributed by atoms with van der Waals surface area (Å²) >= 11 is 0. The zero-order valence-electron chi connectivity index (χ0n) is 19.5. The lowest BCUT2D eigenvalue weighted by molar-refractivity contribution is -0.134. The van der Waals surface area contributed by atoms with Crippen molar-refractivity contribution in [1.29, 1.82) is 0 Å². The van der Waals surface area contributed by atoms with E-state index in [9.17, 15) is 9.59 Å². The Hall–Kier alpha value is -3.34. The van der Waals surface area contributed by atoms with Gasteiger partial charge in [0.15, 0.2) is 5.78 Å². The molecule has 2 aliphatic carbocycles. The molecule has 33 heavy (non-hydrogen) atoms. The molecular formula is C28H31N3O2. The van der Waals surface area contributed by atoms with E-state index < -0.39 is 6.04 Å². The van der Waals surface area contributed by atoms with Crippen LogP contribution in [-0.2, 0) is 23.1 Å². The molecule has 2 heterocycles. The smallest absolute Gasteiger partial charge is 0.228 e. The van der Waals surface area contributed by atoms with Gasteiger partial charge < -0.3 is 14.8 Å². The lowest BCUT2D eigenvalue weighted by Crippen LogP contribution is -2.51. The van der Waals surface area contributed by atoms with E-state index in [2.05, 4.69) is 31.3 Å². The lowest BCUT2D eigenvalue weighted by atomic mass is 9.73. The van der Waals surface area contributed by atoms with Crippen LogP contribution in [0.25, 0.3) is 0 Å². The predicted molar refractivity (Wildman–Crippen MR) is 129 cm³/mol. The number of nitrogens with zero attached hydrogens (tertiary/aromatic N) is 2. The summed E-state index contributed by atoms with van der Waals surface area (Å²) in [4.78, 5) is 29.6. The molecule has 0 bridgehead atoms. The van der Waals surface area contributed by atoms with Crippen LogP contribution in [0.4, 0.5) is 0 Å². The molecule has 2 aromatic rings. The van der Waals surface area contributed by atoms with E-state index >= 15 is 0 Å². The first-order valence-electron chi connectivity index (χ1n) is 11.7. The van der Waals surface area contributed by atoms with Gasteiger partial charge in [-0.1, -0.05) is 68.5 Å². The summed E-state index contributed by atoms with van der Waals surface area (Å²) in [6.45, 7) is 4.29. The van der Waals surface area contributed by atoms with Crippen LogP contribution in [0, 0.1) is 5.41 Å². The highest BCUT2D eigenvalue weighted by Crippen LogP contribution is 2.45. The average Bonchev–Trinajstić information content (AvgIpc) is 3.12. The highest BCUT2D eigenvalue weighted by Gasteiger charge is 2.46. The fourth-order valence-electron chi connectivity index (χ4n) is 5.51. The first-order chi connectivity index (χ1) is 15.8. The van der Waals surface area contributed by atoms with Crippen LogP contribution in [0.15, 0.2) is 84.2 Å². The van der Waals surface area contributed by atoms with Crippen molar-refractivity contribution < 1.29 is 9.59 Å². The monoisotopic (exact) mass is 441 g/mol. The summed E-state index contributed by atoms with van der Waals surface area (Å²) in [7, 11) is 1.99. The molecule has 3 unspecified atom stereocenters. The summed E-state index contributed by atoms with van der Waals surface area (Å²) in [5.74, 6) is 0.152. The quantitative estimate of drug-likeness (QED) is 0.775. The Morgan fingerprint density at radius 3 is 2.55 bits per heavy atom. The number of ketones is 1. The molecule has 1 aromatic heterocycles. The Labute approximate surface area is 195 Å². The zero-order chi connectivity index (χ0) is 23.2. The largest absolute Gasteiger partial charge is 0.379 e. The molecule has 1 N–H and O–H groups in total. The molecule has 3 aliphatic rings. The van der Waals surface area contributed by atoms with Crippen molar-refractivity contribution in [2.24, 2.45) is 12.5 Å². The highest BCUT2D eigenvalue weighted by molar-refractivity contribution is 5.99. The number of carbonyl (C=O) groups is 2. The maximum atomic E-state index is 14.0. The number of aryl methyl sites for hydroxylation is 1. The third-order valence-electron chi connectivity index (χ3n) is 6.99. The number of Topliss-reactive ketones (excluding diaryl/α,β-unsaturated/α-hetero) is 1. The van der Waals surface area contributed by atoms with Crippen molar-refractivity contribution >= 4 is 11.7 Å². The molecule has 5 rings (SSSR count). The zero-order valence-corrected chi connectivity index (χ0v) is 19.5. The molecule has 5 nitrogen and oxygen atoms in total. The first-order valence-corrected chi connectivity index (χ1v) is 11.7. The second-order valence-corrected chi connectivity index (χ2v) is 10.2. The van der Waals surface area contributed by atoms with Gasteiger partial charge in [0.05, 0.1) is 18.5 Å². The molecule has 0 saturated carbocycles. The number of hydrogen-bond donors (Lipinski definition) is 1. The minimum absolute atomic E-state index is 0.0236. The molecule has 0 fully saturated rings. The second-order valence-electron chi connectivity index (χ2n) is 10.2. The van der Waals surface area contributed by atoms with Crippen LogP contribution in [0.2, 0.25) is 0 Å². The summed E-state index contributed by atoms with van der Waals surface area (Å²) < 4.78 is 2.04. The molecule has 1 aliphatic heterocycles. The summed E-state index contributed by atoms with van der Waals surface area (Å²) in [6.07, 6.45) is 11.8. The van der Waals surface area contributed by atoms with Crippen LogP contribution in [-0.4, -0.2) is 33.2 Å². The first kappa shape index (κ1) is 21.5. The van der Waals surface area contributed by atoms with Gasteiger partial charge in [-0.15, -0.1) is 0 Å². The average molecular weight is 442 g/mol.